The third kappa shape index (κ3) is 6.58. The van der Waals surface area contributed by atoms with E-state index in [-0.39, 0.29) is 51.2 Å². The number of carbonyl (C=O) groups is 3. The lowest BCUT2D eigenvalue weighted by Gasteiger charge is -2.31. The molecule has 0 saturated carbocycles. The number of non-ortho nitro benzene ring substituents is 1. The monoisotopic (exact) mass is 576 g/mol. The zero-order valence-corrected chi connectivity index (χ0v) is 23.1. The number of hydrogen-bond acceptors (Lipinski definition) is 9. The van der Waals surface area contributed by atoms with Crippen LogP contribution >= 0.6 is 23.2 Å². The summed E-state index contributed by atoms with van der Waals surface area (Å²) < 4.78 is 16.1. The minimum absolute atomic E-state index is 0.0166. The molecule has 3 rings (SSSR count). The highest BCUT2D eigenvalue weighted by Gasteiger charge is 2.40. The maximum Gasteiger partial charge on any atom is 0.352 e. The number of nitrogens with one attached hydrogen (secondary N) is 1. The standard InChI is InChI=1S/C27H26Cl2N2O8/c1-5-37-25(32)21-14(3)30-15(4)22(23(21)16-8-7-9-18(12-16)31(35)36)26(33)39-24(27(34)38-6-2)17-10-11-19(28)20(29)13-17/h7-13,23-24,30H,5-6H2,1-4H3. The highest BCUT2D eigenvalue weighted by Crippen LogP contribution is 2.41. The van der Waals surface area contributed by atoms with Crippen molar-refractivity contribution in [2.24, 2.45) is 0 Å². The molecule has 10 nitrogen and oxygen atoms in total. The Kier molecular flexibility index (Phi) is 9.71. The summed E-state index contributed by atoms with van der Waals surface area (Å²) in [5.74, 6) is -3.64. The van der Waals surface area contributed by atoms with Crippen LogP contribution in [0.5, 0.6) is 0 Å². The Bertz CT molecular complexity index is 1390. The molecule has 0 bridgehead atoms. The van der Waals surface area contributed by atoms with E-state index in [1.54, 1.807) is 33.8 Å². The number of carbonyl (C=O) groups excluding carboxylic acids is 3. The number of nitrogens with zero attached hydrogens (tertiary/aromatic N) is 1. The van der Waals surface area contributed by atoms with Crippen molar-refractivity contribution in [1.29, 1.82) is 0 Å². The first-order valence-corrected chi connectivity index (χ1v) is 12.7. The summed E-state index contributed by atoms with van der Waals surface area (Å²) in [5, 5.41) is 14.9. The smallest absolute Gasteiger partial charge is 0.352 e. The second kappa shape index (κ2) is 12.8. The van der Waals surface area contributed by atoms with Crippen molar-refractivity contribution in [3.8, 4) is 0 Å². The van der Waals surface area contributed by atoms with E-state index < -0.39 is 34.9 Å². The average Bonchev–Trinajstić information content (AvgIpc) is 2.88. The van der Waals surface area contributed by atoms with Crippen molar-refractivity contribution in [3.05, 3.63) is 96.3 Å². The first-order chi connectivity index (χ1) is 18.5. The van der Waals surface area contributed by atoms with E-state index in [0.29, 0.717) is 11.4 Å². The minimum Gasteiger partial charge on any atom is -0.463 e. The molecule has 2 aromatic carbocycles. The molecule has 2 atom stereocenters. The Morgan fingerprint density at radius 1 is 0.949 bits per heavy atom. The highest BCUT2D eigenvalue weighted by molar-refractivity contribution is 6.42. The number of hydrogen-bond donors (Lipinski definition) is 1. The van der Waals surface area contributed by atoms with Crippen LogP contribution in [-0.4, -0.2) is 36.0 Å². The van der Waals surface area contributed by atoms with Crippen LogP contribution in [-0.2, 0) is 28.6 Å². The quantitative estimate of drug-likeness (QED) is 0.176. The number of nitro groups is 1. The summed E-state index contributed by atoms with van der Waals surface area (Å²) in [5.41, 5.74) is 0.987. The van der Waals surface area contributed by atoms with Gasteiger partial charge in [-0.05, 0) is 45.4 Å². The van der Waals surface area contributed by atoms with E-state index in [4.69, 9.17) is 37.4 Å². The van der Waals surface area contributed by atoms with Crippen molar-refractivity contribution >= 4 is 46.8 Å². The van der Waals surface area contributed by atoms with Gasteiger partial charge in [0.25, 0.3) is 5.69 Å². The molecule has 0 aliphatic carbocycles. The van der Waals surface area contributed by atoms with Gasteiger partial charge in [0.2, 0.25) is 6.10 Å². The van der Waals surface area contributed by atoms with Crippen molar-refractivity contribution in [2.45, 2.75) is 39.7 Å². The molecule has 2 aromatic rings. The predicted molar refractivity (Wildman–Crippen MR) is 143 cm³/mol. The molecular weight excluding hydrogens is 551 g/mol. The van der Waals surface area contributed by atoms with Crippen molar-refractivity contribution in [2.75, 3.05) is 13.2 Å². The zero-order valence-electron chi connectivity index (χ0n) is 21.6. The molecular formula is C27H26Cl2N2O8. The van der Waals surface area contributed by atoms with E-state index in [0.717, 1.165) is 0 Å². The summed E-state index contributed by atoms with van der Waals surface area (Å²) in [6.45, 7) is 6.51. The second-order valence-electron chi connectivity index (χ2n) is 8.42. The van der Waals surface area contributed by atoms with Gasteiger partial charge >= 0.3 is 17.9 Å². The molecule has 1 N–H and O–H groups in total. The van der Waals surface area contributed by atoms with Gasteiger partial charge in [-0.2, -0.15) is 0 Å². The number of esters is 3. The predicted octanol–water partition coefficient (Wildman–Crippen LogP) is 5.55. The number of benzene rings is 2. The fourth-order valence-electron chi connectivity index (χ4n) is 4.21. The summed E-state index contributed by atoms with van der Waals surface area (Å²) in [7, 11) is 0. The minimum atomic E-state index is -1.52. The van der Waals surface area contributed by atoms with Gasteiger partial charge in [-0.15, -0.1) is 0 Å². The SMILES string of the molecule is CCOC(=O)C1=C(C)NC(C)=C(C(=O)OC(C(=O)OCC)c2ccc(Cl)c(Cl)c2)C1c1cccc([N+](=O)[O-])c1. The normalized spacial score (nSPS) is 15.8. The summed E-state index contributed by atoms with van der Waals surface area (Å²) in [4.78, 5) is 50.6. The maximum atomic E-state index is 13.8. The first-order valence-electron chi connectivity index (χ1n) is 11.9. The molecule has 1 aliphatic heterocycles. The number of allylic oxidation sites excluding steroid dienone is 2. The zero-order chi connectivity index (χ0) is 28.9. The molecule has 0 saturated heterocycles. The highest BCUT2D eigenvalue weighted by atomic mass is 35.5. The summed E-state index contributed by atoms with van der Waals surface area (Å²) in [6.07, 6.45) is -1.52. The van der Waals surface area contributed by atoms with Crippen LogP contribution in [0.2, 0.25) is 10.0 Å². The van der Waals surface area contributed by atoms with Gasteiger partial charge in [-0.1, -0.05) is 41.4 Å². The Labute approximate surface area is 234 Å². The number of rotatable bonds is 9. The van der Waals surface area contributed by atoms with Gasteiger partial charge in [0.05, 0.1) is 45.2 Å². The van der Waals surface area contributed by atoms with E-state index in [2.05, 4.69) is 5.32 Å². The molecule has 12 heteroatoms. The first kappa shape index (κ1) is 29.7. The third-order valence-corrected chi connectivity index (χ3v) is 6.60. The lowest BCUT2D eigenvalue weighted by molar-refractivity contribution is -0.384. The van der Waals surface area contributed by atoms with E-state index in [1.165, 1.54) is 36.4 Å². The van der Waals surface area contributed by atoms with E-state index in [1.807, 2.05) is 0 Å². The van der Waals surface area contributed by atoms with Gasteiger partial charge in [-0.25, -0.2) is 14.4 Å². The molecule has 1 heterocycles. The van der Waals surface area contributed by atoms with Crippen LogP contribution in [0.3, 0.4) is 0 Å². The lowest BCUT2D eigenvalue weighted by Crippen LogP contribution is -2.33. The van der Waals surface area contributed by atoms with E-state index >= 15 is 0 Å². The average molecular weight is 577 g/mol. The van der Waals surface area contributed by atoms with Crippen LogP contribution in [0, 0.1) is 10.1 Å². The van der Waals surface area contributed by atoms with Gasteiger partial charge in [0, 0.05) is 29.1 Å². The molecule has 0 amide bonds. The van der Waals surface area contributed by atoms with Crippen LogP contribution in [0.15, 0.2) is 65.0 Å². The third-order valence-electron chi connectivity index (χ3n) is 5.86. The van der Waals surface area contributed by atoms with Gasteiger partial charge in [0.1, 0.15) is 0 Å². The van der Waals surface area contributed by atoms with Crippen LogP contribution in [0.25, 0.3) is 0 Å². The van der Waals surface area contributed by atoms with E-state index in [9.17, 15) is 24.5 Å². The summed E-state index contributed by atoms with van der Waals surface area (Å²) in [6, 6.07) is 9.86. The summed E-state index contributed by atoms with van der Waals surface area (Å²) >= 11 is 12.1. The van der Waals surface area contributed by atoms with Crippen LogP contribution < -0.4 is 5.32 Å². The van der Waals surface area contributed by atoms with Crippen molar-refractivity contribution < 1.29 is 33.5 Å². The van der Waals surface area contributed by atoms with Gasteiger partial charge in [0.15, 0.2) is 0 Å². The van der Waals surface area contributed by atoms with Gasteiger partial charge in [-0.3, -0.25) is 10.1 Å². The Balaban J connectivity index is 2.14. The fraction of sp³-hybridized carbons (Fsp3) is 0.296. The van der Waals surface area contributed by atoms with Crippen LogP contribution in [0.4, 0.5) is 5.69 Å². The van der Waals surface area contributed by atoms with Crippen LogP contribution in [0.1, 0.15) is 50.8 Å². The Hall–Kier alpha value is -3.89. The van der Waals surface area contributed by atoms with Crippen molar-refractivity contribution in [3.63, 3.8) is 0 Å². The molecule has 0 aromatic heterocycles. The Morgan fingerprint density at radius 3 is 2.18 bits per heavy atom. The number of nitro benzene ring substituents is 1. The van der Waals surface area contributed by atoms with Gasteiger partial charge < -0.3 is 19.5 Å². The second-order valence-corrected chi connectivity index (χ2v) is 9.23. The topological polar surface area (TPSA) is 134 Å². The molecule has 1 aliphatic rings. The fourth-order valence-corrected chi connectivity index (χ4v) is 4.52. The molecule has 0 radical (unpaired) electrons. The molecule has 0 fully saturated rings. The lowest BCUT2D eigenvalue weighted by atomic mass is 9.80. The maximum absolute atomic E-state index is 13.8. The largest absolute Gasteiger partial charge is 0.463 e. The van der Waals surface area contributed by atoms with Crippen molar-refractivity contribution in [1.82, 2.24) is 5.32 Å². The Morgan fingerprint density at radius 2 is 1.59 bits per heavy atom. The molecule has 39 heavy (non-hydrogen) atoms. The molecule has 206 valence electrons. The number of dihydropyridines is 1. The molecule has 0 spiro atoms. The number of halogens is 2. The molecule has 2 unspecified atom stereocenters. The number of ether oxygens (including phenoxy) is 3.